The van der Waals surface area contributed by atoms with Gasteiger partial charge in [-0.3, -0.25) is 0 Å². The Bertz CT molecular complexity index is 258. The highest BCUT2D eigenvalue weighted by Crippen LogP contribution is 2.39. The van der Waals surface area contributed by atoms with Gasteiger partial charge in [-0.2, -0.15) is 0 Å². The van der Waals surface area contributed by atoms with Crippen molar-refractivity contribution in [3.05, 3.63) is 0 Å². The van der Waals surface area contributed by atoms with Gasteiger partial charge in [-0.1, -0.05) is 26.7 Å². The smallest absolute Gasteiger partial charge is 0.0581 e. The highest BCUT2D eigenvalue weighted by molar-refractivity contribution is 4.86. The van der Waals surface area contributed by atoms with E-state index in [-0.39, 0.29) is 6.10 Å². The van der Waals surface area contributed by atoms with E-state index in [1.165, 1.54) is 45.1 Å². The molecular weight excluding hydrogens is 222 g/mol. The summed E-state index contributed by atoms with van der Waals surface area (Å²) < 4.78 is 0. The van der Waals surface area contributed by atoms with Gasteiger partial charge in [0.05, 0.1) is 6.10 Å². The molecule has 2 aliphatic carbocycles. The minimum Gasteiger partial charge on any atom is -0.393 e. The van der Waals surface area contributed by atoms with E-state index in [0.29, 0.717) is 11.3 Å². The average molecular weight is 253 g/mol. The second-order valence-electron chi connectivity index (χ2n) is 7.61. The predicted octanol–water partition coefficient (Wildman–Crippen LogP) is 3.30. The Morgan fingerprint density at radius 1 is 1.11 bits per heavy atom. The van der Waals surface area contributed by atoms with Crippen molar-refractivity contribution in [2.75, 3.05) is 20.1 Å². The van der Waals surface area contributed by atoms with Crippen LogP contribution in [0.3, 0.4) is 0 Å². The lowest BCUT2D eigenvalue weighted by Crippen LogP contribution is -2.41. The highest BCUT2D eigenvalue weighted by atomic mass is 16.3. The molecule has 0 aliphatic heterocycles. The van der Waals surface area contributed by atoms with Gasteiger partial charge in [0, 0.05) is 13.1 Å². The van der Waals surface area contributed by atoms with Crippen molar-refractivity contribution in [1.29, 1.82) is 0 Å². The van der Waals surface area contributed by atoms with Gasteiger partial charge in [-0.15, -0.1) is 0 Å². The van der Waals surface area contributed by atoms with Crippen LogP contribution in [0.5, 0.6) is 0 Å². The summed E-state index contributed by atoms with van der Waals surface area (Å²) >= 11 is 0. The average Bonchev–Trinajstić information content (AvgIpc) is 2.76. The lowest BCUT2D eigenvalue weighted by atomic mass is 9.71. The summed E-state index contributed by atoms with van der Waals surface area (Å²) in [5.41, 5.74) is 0.429. The number of rotatable bonds is 4. The summed E-state index contributed by atoms with van der Waals surface area (Å²) in [5, 5.41) is 10.2. The van der Waals surface area contributed by atoms with Gasteiger partial charge < -0.3 is 10.0 Å². The van der Waals surface area contributed by atoms with E-state index in [0.717, 1.165) is 18.9 Å². The zero-order valence-corrected chi connectivity index (χ0v) is 12.5. The first-order valence-electron chi connectivity index (χ1n) is 7.83. The third-order valence-corrected chi connectivity index (χ3v) is 5.07. The molecule has 0 saturated heterocycles. The Morgan fingerprint density at radius 2 is 1.78 bits per heavy atom. The Balaban J connectivity index is 1.79. The van der Waals surface area contributed by atoms with E-state index in [1.807, 2.05) is 0 Å². The molecule has 2 atom stereocenters. The molecular formula is C16H31NO. The Kier molecular flexibility index (Phi) is 4.71. The van der Waals surface area contributed by atoms with Crippen molar-refractivity contribution in [2.45, 2.75) is 64.9 Å². The Labute approximate surface area is 113 Å². The number of aliphatic hydroxyl groups excluding tert-OH is 1. The molecule has 1 N–H and O–H groups in total. The topological polar surface area (TPSA) is 23.5 Å². The lowest BCUT2D eigenvalue weighted by molar-refractivity contribution is 0.00607. The van der Waals surface area contributed by atoms with E-state index in [4.69, 9.17) is 0 Å². The SMILES string of the molecule is CN(CC1CCCC1)CC1CC(C)(C)CCC1O. The van der Waals surface area contributed by atoms with Crippen molar-refractivity contribution in [2.24, 2.45) is 17.3 Å². The second kappa shape index (κ2) is 5.92. The van der Waals surface area contributed by atoms with Crippen molar-refractivity contribution in [1.82, 2.24) is 4.90 Å². The van der Waals surface area contributed by atoms with E-state index in [1.54, 1.807) is 0 Å². The number of hydrogen-bond donors (Lipinski definition) is 1. The molecule has 2 nitrogen and oxygen atoms in total. The monoisotopic (exact) mass is 253 g/mol. The number of aliphatic hydroxyl groups is 1. The number of hydrogen-bond acceptors (Lipinski definition) is 2. The number of nitrogens with zero attached hydrogens (tertiary/aromatic N) is 1. The van der Waals surface area contributed by atoms with E-state index >= 15 is 0 Å². The van der Waals surface area contributed by atoms with Crippen molar-refractivity contribution < 1.29 is 5.11 Å². The Morgan fingerprint density at radius 3 is 2.44 bits per heavy atom. The summed E-state index contributed by atoms with van der Waals surface area (Å²) in [5.74, 6) is 1.41. The molecule has 2 unspecified atom stereocenters. The largest absolute Gasteiger partial charge is 0.393 e. The van der Waals surface area contributed by atoms with Crippen LogP contribution in [-0.2, 0) is 0 Å². The molecule has 2 saturated carbocycles. The maximum absolute atomic E-state index is 10.2. The summed E-state index contributed by atoms with van der Waals surface area (Å²) in [6.07, 6.45) is 8.99. The molecule has 18 heavy (non-hydrogen) atoms. The van der Waals surface area contributed by atoms with Crippen LogP contribution in [0.15, 0.2) is 0 Å². The summed E-state index contributed by atoms with van der Waals surface area (Å²) in [6, 6.07) is 0. The minimum atomic E-state index is -0.0657. The normalized spacial score (nSPS) is 33.2. The van der Waals surface area contributed by atoms with Gasteiger partial charge in [0.2, 0.25) is 0 Å². The third-order valence-electron chi connectivity index (χ3n) is 5.07. The zero-order valence-electron chi connectivity index (χ0n) is 12.5. The summed E-state index contributed by atoms with van der Waals surface area (Å²) in [7, 11) is 2.24. The third kappa shape index (κ3) is 3.96. The van der Waals surface area contributed by atoms with Crippen LogP contribution in [0.25, 0.3) is 0 Å². The fraction of sp³-hybridized carbons (Fsp3) is 1.00. The first-order chi connectivity index (χ1) is 8.46. The van der Waals surface area contributed by atoms with Gasteiger partial charge in [0.25, 0.3) is 0 Å². The highest BCUT2D eigenvalue weighted by Gasteiger charge is 2.34. The molecule has 0 amide bonds. The van der Waals surface area contributed by atoms with Gasteiger partial charge in [0.15, 0.2) is 0 Å². The van der Waals surface area contributed by atoms with E-state index < -0.39 is 0 Å². The van der Waals surface area contributed by atoms with Crippen molar-refractivity contribution >= 4 is 0 Å². The molecule has 106 valence electrons. The van der Waals surface area contributed by atoms with Crippen molar-refractivity contribution in [3.8, 4) is 0 Å². The molecule has 2 aliphatic rings. The van der Waals surface area contributed by atoms with Crippen LogP contribution >= 0.6 is 0 Å². The molecule has 0 aromatic heterocycles. The zero-order chi connectivity index (χ0) is 13.2. The fourth-order valence-corrected chi connectivity index (χ4v) is 4.02. The summed E-state index contributed by atoms with van der Waals surface area (Å²) in [4.78, 5) is 2.48. The minimum absolute atomic E-state index is 0.0657. The van der Waals surface area contributed by atoms with Gasteiger partial charge in [-0.05, 0) is 56.4 Å². The summed E-state index contributed by atoms with van der Waals surface area (Å²) in [6.45, 7) is 7.02. The van der Waals surface area contributed by atoms with Crippen LogP contribution in [-0.4, -0.2) is 36.2 Å². The molecule has 2 heteroatoms. The molecule has 0 aromatic carbocycles. The Hall–Kier alpha value is -0.0800. The van der Waals surface area contributed by atoms with Gasteiger partial charge >= 0.3 is 0 Å². The predicted molar refractivity (Wildman–Crippen MR) is 76.6 cm³/mol. The van der Waals surface area contributed by atoms with Gasteiger partial charge in [-0.25, -0.2) is 0 Å². The molecule has 0 spiro atoms. The molecule has 0 radical (unpaired) electrons. The van der Waals surface area contributed by atoms with Crippen molar-refractivity contribution in [3.63, 3.8) is 0 Å². The molecule has 2 fully saturated rings. The van der Waals surface area contributed by atoms with Gasteiger partial charge in [0.1, 0.15) is 0 Å². The maximum atomic E-state index is 10.2. The fourth-order valence-electron chi connectivity index (χ4n) is 4.02. The molecule has 0 aromatic rings. The molecule has 0 bridgehead atoms. The van der Waals surface area contributed by atoms with E-state index in [2.05, 4.69) is 25.8 Å². The van der Waals surface area contributed by atoms with E-state index in [9.17, 15) is 5.11 Å². The molecule has 2 rings (SSSR count). The maximum Gasteiger partial charge on any atom is 0.0581 e. The van der Waals surface area contributed by atoms with Crippen LogP contribution in [0.1, 0.15) is 58.8 Å². The molecule has 0 heterocycles. The lowest BCUT2D eigenvalue weighted by Gasteiger charge is -2.40. The standard InChI is InChI=1S/C16H31NO/c1-16(2)9-8-15(18)14(10-16)12-17(3)11-13-6-4-5-7-13/h13-15,18H,4-12H2,1-3H3. The van der Waals surface area contributed by atoms with Crippen LogP contribution in [0, 0.1) is 17.3 Å². The van der Waals surface area contributed by atoms with Crippen LogP contribution in [0.4, 0.5) is 0 Å². The second-order valence-corrected chi connectivity index (χ2v) is 7.61. The van der Waals surface area contributed by atoms with Crippen LogP contribution < -0.4 is 0 Å². The first kappa shape index (κ1) is 14.3. The van der Waals surface area contributed by atoms with Crippen LogP contribution in [0.2, 0.25) is 0 Å². The quantitative estimate of drug-likeness (QED) is 0.831. The first-order valence-corrected chi connectivity index (χ1v) is 7.83.